The second kappa shape index (κ2) is 10.9. The molecular formula is C36H38ClNO9. The highest BCUT2D eigenvalue weighted by molar-refractivity contribution is 6.33. The Morgan fingerprint density at radius 3 is 2.64 bits per heavy atom. The number of ether oxygens (including phenoxy) is 6. The van der Waals surface area contributed by atoms with Crippen molar-refractivity contribution in [3.8, 4) is 11.5 Å². The largest absolute Gasteiger partial charge is 0.514 e. The highest BCUT2D eigenvalue weighted by Crippen LogP contribution is 2.68. The Hall–Kier alpha value is -3.67. The number of halogens is 1. The molecule has 3 N–H and O–H groups in total. The third kappa shape index (κ3) is 4.68. The minimum atomic E-state index is -1.85. The standard InChI is InChI=1S/C36H38ClNO9/c1-19(2)34-15-21(4)36-25(31(34)45-35(46-34,47-36)17-22-9-7-6-8-10-22)12-23(16-33(41)28(36)11-20(3)30(33)39)18-43-32(40)44-24-13-26(37)29(38)27(14-24)42-5/h6-14,21,25,28,31,41H,1,15-18,38H2,2-5H3/t21-,25+,28-,31?,33-,34-,35?,36?/m1/s1. The van der Waals surface area contributed by atoms with Crippen LogP contribution < -0.4 is 15.2 Å². The molecule has 3 aliphatic carbocycles. The summed E-state index contributed by atoms with van der Waals surface area (Å²) in [4.78, 5) is 26.7. The van der Waals surface area contributed by atoms with Gasteiger partial charge in [-0.15, -0.1) is 0 Å². The minimum Gasteiger partial charge on any atom is -0.494 e. The molecule has 3 fully saturated rings. The van der Waals surface area contributed by atoms with E-state index in [0.29, 0.717) is 24.0 Å². The number of benzene rings is 2. The van der Waals surface area contributed by atoms with Crippen molar-refractivity contribution in [2.24, 2.45) is 17.8 Å². The number of nitrogens with two attached hydrogens (primary N) is 1. The average molecular weight is 664 g/mol. The van der Waals surface area contributed by atoms with E-state index < -0.39 is 46.9 Å². The van der Waals surface area contributed by atoms with Crippen LogP contribution in [0.15, 0.2) is 77.9 Å². The molecule has 7 rings (SSSR count). The molecule has 2 aromatic carbocycles. The highest BCUT2D eigenvalue weighted by atomic mass is 35.5. The van der Waals surface area contributed by atoms with Crippen LogP contribution in [0.1, 0.15) is 39.2 Å². The van der Waals surface area contributed by atoms with E-state index in [0.717, 1.165) is 11.1 Å². The van der Waals surface area contributed by atoms with Crippen molar-refractivity contribution in [1.29, 1.82) is 0 Å². The van der Waals surface area contributed by atoms with Gasteiger partial charge in [-0.2, -0.15) is 0 Å². The van der Waals surface area contributed by atoms with Gasteiger partial charge in [0.05, 0.1) is 29.8 Å². The fraction of sp³-hybridized carbons (Fsp3) is 0.444. The molecule has 8 atom stereocenters. The lowest BCUT2D eigenvalue weighted by Gasteiger charge is -2.59. The van der Waals surface area contributed by atoms with E-state index in [9.17, 15) is 14.7 Å². The maximum Gasteiger partial charge on any atom is 0.514 e. The van der Waals surface area contributed by atoms with Crippen molar-refractivity contribution < 1.29 is 43.1 Å². The number of rotatable bonds is 7. The fourth-order valence-corrected chi connectivity index (χ4v) is 8.76. The van der Waals surface area contributed by atoms with E-state index in [2.05, 4.69) is 13.5 Å². The minimum absolute atomic E-state index is 0.0748. The molecule has 2 aliphatic heterocycles. The second-order valence-electron chi connectivity index (χ2n) is 13.5. The van der Waals surface area contributed by atoms with Gasteiger partial charge in [0.25, 0.3) is 5.97 Å². The maximum atomic E-state index is 13.8. The number of carbonyl (C=O) groups is 2. The van der Waals surface area contributed by atoms with Crippen LogP contribution in [0, 0.1) is 17.8 Å². The summed E-state index contributed by atoms with van der Waals surface area (Å²) in [6, 6.07) is 12.6. The Morgan fingerprint density at radius 1 is 1.19 bits per heavy atom. The summed E-state index contributed by atoms with van der Waals surface area (Å²) < 4.78 is 36.9. The number of nitrogen functional groups attached to an aromatic ring is 1. The first-order chi connectivity index (χ1) is 22.3. The molecule has 5 aliphatic rings. The van der Waals surface area contributed by atoms with Gasteiger partial charge in [0.1, 0.15) is 35.4 Å². The van der Waals surface area contributed by atoms with Gasteiger partial charge in [-0.1, -0.05) is 67.6 Å². The quantitative estimate of drug-likeness (QED) is 0.164. The average Bonchev–Trinajstić information content (AvgIpc) is 3.33. The van der Waals surface area contributed by atoms with Crippen LogP contribution in [-0.4, -0.2) is 59.6 Å². The van der Waals surface area contributed by atoms with Crippen LogP contribution in [0.3, 0.4) is 0 Å². The summed E-state index contributed by atoms with van der Waals surface area (Å²) in [7, 11) is 1.42. The molecule has 0 amide bonds. The number of Topliss-reactive ketones (excluding diaryl/α,β-unsaturated/α-hetero) is 1. The molecule has 11 heteroatoms. The van der Waals surface area contributed by atoms with E-state index in [4.69, 9.17) is 45.8 Å². The Bertz CT molecular complexity index is 1740. The molecule has 0 radical (unpaired) electrons. The summed E-state index contributed by atoms with van der Waals surface area (Å²) in [5.74, 6) is -2.95. The van der Waals surface area contributed by atoms with E-state index in [1.54, 1.807) is 6.92 Å². The lowest BCUT2D eigenvalue weighted by atomic mass is 9.55. The van der Waals surface area contributed by atoms with Crippen molar-refractivity contribution in [1.82, 2.24) is 0 Å². The summed E-state index contributed by atoms with van der Waals surface area (Å²) in [5.41, 5.74) is 4.99. The first kappa shape index (κ1) is 31.9. The molecule has 0 spiro atoms. The monoisotopic (exact) mass is 663 g/mol. The predicted molar refractivity (Wildman–Crippen MR) is 172 cm³/mol. The smallest absolute Gasteiger partial charge is 0.494 e. The number of anilines is 1. The predicted octanol–water partition coefficient (Wildman–Crippen LogP) is 5.70. The number of ketones is 1. The lowest BCUT2D eigenvalue weighted by Crippen LogP contribution is -2.70. The van der Waals surface area contributed by atoms with Crippen molar-refractivity contribution in [3.05, 3.63) is 88.5 Å². The van der Waals surface area contributed by atoms with Gasteiger partial charge in [-0.05, 0) is 48.5 Å². The van der Waals surface area contributed by atoms with Gasteiger partial charge in [0, 0.05) is 30.4 Å². The van der Waals surface area contributed by atoms with Gasteiger partial charge in [-0.25, -0.2) is 4.79 Å². The number of aliphatic hydroxyl groups is 1. The number of fused-ring (bicyclic) bond motifs is 2. The number of carbonyl (C=O) groups excluding carboxylic acids is 2. The number of hydrogen-bond donors (Lipinski definition) is 2. The summed E-state index contributed by atoms with van der Waals surface area (Å²) in [6.07, 6.45) is 2.95. The molecule has 3 bridgehead atoms. The molecule has 0 aromatic heterocycles. The van der Waals surface area contributed by atoms with Gasteiger partial charge in [0.2, 0.25) is 0 Å². The Kier molecular flexibility index (Phi) is 7.42. The zero-order valence-electron chi connectivity index (χ0n) is 26.7. The second-order valence-corrected chi connectivity index (χ2v) is 13.9. The molecule has 2 aromatic rings. The van der Waals surface area contributed by atoms with Crippen molar-refractivity contribution in [2.45, 2.75) is 68.9 Å². The summed E-state index contributed by atoms with van der Waals surface area (Å²) >= 11 is 6.17. The molecule has 10 nitrogen and oxygen atoms in total. The van der Waals surface area contributed by atoms with Crippen LogP contribution in [0.5, 0.6) is 11.5 Å². The maximum absolute atomic E-state index is 13.8. The van der Waals surface area contributed by atoms with Gasteiger partial charge in [0.15, 0.2) is 5.78 Å². The van der Waals surface area contributed by atoms with Gasteiger partial charge in [-0.3, -0.25) is 4.79 Å². The zero-order valence-corrected chi connectivity index (χ0v) is 27.5. The van der Waals surface area contributed by atoms with E-state index in [-0.39, 0.29) is 46.9 Å². The highest BCUT2D eigenvalue weighted by Gasteiger charge is 2.79. The first-order valence-electron chi connectivity index (χ1n) is 15.7. The van der Waals surface area contributed by atoms with Crippen LogP contribution in [0.4, 0.5) is 10.5 Å². The number of hydrogen-bond acceptors (Lipinski definition) is 10. The summed E-state index contributed by atoms with van der Waals surface area (Å²) in [6.45, 7) is 9.78. The SMILES string of the molecule is C=C(C)[C@]12C[C@@H](C)C34OC(Cc5ccccc5)(OC1[C@@H]3C=C(COC(=O)Oc1cc(Cl)c(N)c(OC)c1)C[C@]1(O)C(=O)C(C)=C[C@@H]41)O2. The fourth-order valence-electron chi connectivity index (χ4n) is 8.56. The molecule has 3 unspecified atom stereocenters. The third-order valence-electron chi connectivity index (χ3n) is 10.6. The Morgan fingerprint density at radius 2 is 1.94 bits per heavy atom. The van der Waals surface area contributed by atoms with Crippen LogP contribution in [0.25, 0.3) is 0 Å². The molecular weight excluding hydrogens is 626 g/mol. The molecule has 47 heavy (non-hydrogen) atoms. The first-order valence-corrected chi connectivity index (χ1v) is 16.1. The normalized spacial score (nSPS) is 36.5. The Labute approximate surface area is 278 Å². The lowest BCUT2D eigenvalue weighted by molar-refractivity contribution is -0.421. The Balaban J connectivity index is 1.26. The molecule has 1 saturated carbocycles. The van der Waals surface area contributed by atoms with Gasteiger partial charge < -0.3 is 39.3 Å². The van der Waals surface area contributed by atoms with Crippen molar-refractivity contribution in [2.75, 3.05) is 19.5 Å². The van der Waals surface area contributed by atoms with Crippen molar-refractivity contribution >= 4 is 29.2 Å². The topological polar surface area (TPSA) is 136 Å². The van der Waals surface area contributed by atoms with E-state index in [1.165, 1.54) is 19.2 Å². The molecule has 2 heterocycles. The van der Waals surface area contributed by atoms with Crippen LogP contribution in [0.2, 0.25) is 5.02 Å². The van der Waals surface area contributed by atoms with E-state index in [1.807, 2.05) is 49.4 Å². The van der Waals surface area contributed by atoms with Crippen LogP contribution >= 0.6 is 11.6 Å². The number of methoxy groups -OCH3 is 1. The third-order valence-corrected chi connectivity index (χ3v) is 10.9. The van der Waals surface area contributed by atoms with Gasteiger partial charge >= 0.3 is 6.16 Å². The summed E-state index contributed by atoms with van der Waals surface area (Å²) in [5, 5.41) is 12.5. The van der Waals surface area contributed by atoms with Crippen molar-refractivity contribution in [3.63, 3.8) is 0 Å². The molecule has 2 saturated heterocycles. The zero-order chi connectivity index (χ0) is 33.5. The van der Waals surface area contributed by atoms with E-state index >= 15 is 0 Å². The molecule has 248 valence electrons. The van der Waals surface area contributed by atoms with Crippen LogP contribution in [-0.2, 0) is 30.2 Å².